The molecule has 0 unspecified atom stereocenters. The predicted octanol–water partition coefficient (Wildman–Crippen LogP) is 2.48. The Morgan fingerprint density at radius 1 is 1.22 bits per heavy atom. The fourth-order valence-corrected chi connectivity index (χ4v) is 2.44. The van der Waals surface area contributed by atoms with Crippen molar-refractivity contribution in [3.8, 4) is 0 Å². The molecule has 4 nitrogen and oxygen atoms in total. The highest BCUT2D eigenvalue weighted by Crippen LogP contribution is 2.33. The van der Waals surface area contributed by atoms with E-state index in [0.717, 1.165) is 25.0 Å². The quantitative estimate of drug-likeness (QED) is 0.761. The number of hydrogen-bond donors (Lipinski definition) is 0. The molecule has 0 N–H and O–H groups in total. The standard InChI is InChI=1S/C14H19N3O/c1-14(2,3)12-9-18-13-15-17(10-16(12)13)11-7-5-4-6-8-11/h4-8,12H,9-10H2,1-3H3/t12-/m1/s1. The molecule has 0 radical (unpaired) electrons. The number of amidine groups is 1. The van der Waals surface area contributed by atoms with E-state index in [1.807, 2.05) is 23.2 Å². The molecule has 0 saturated carbocycles. The van der Waals surface area contributed by atoms with Crippen LogP contribution in [-0.4, -0.2) is 30.2 Å². The maximum absolute atomic E-state index is 5.70. The summed E-state index contributed by atoms with van der Waals surface area (Å²) in [5.41, 5.74) is 1.31. The van der Waals surface area contributed by atoms with Crippen molar-refractivity contribution in [2.75, 3.05) is 18.3 Å². The Hall–Kier alpha value is -1.71. The number of hydrazone groups is 1. The van der Waals surface area contributed by atoms with Crippen LogP contribution in [0, 0.1) is 5.41 Å². The van der Waals surface area contributed by atoms with Crippen LogP contribution in [0.5, 0.6) is 0 Å². The summed E-state index contributed by atoms with van der Waals surface area (Å²) in [6, 6.07) is 11.4. The Morgan fingerprint density at radius 2 is 1.94 bits per heavy atom. The molecule has 0 amide bonds. The van der Waals surface area contributed by atoms with Gasteiger partial charge in [-0.3, -0.25) is 4.90 Å². The number of benzene rings is 1. The average molecular weight is 245 g/mol. The van der Waals surface area contributed by atoms with Crippen LogP contribution in [0.1, 0.15) is 20.8 Å². The lowest BCUT2D eigenvalue weighted by atomic mass is 9.87. The summed E-state index contributed by atoms with van der Waals surface area (Å²) in [5, 5.41) is 6.53. The van der Waals surface area contributed by atoms with Crippen LogP contribution >= 0.6 is 0 Å². The van der Waals surface area contributed by atoms with Crippen molar-refractivity contribution in [3.05, 3.63) is 30.3 Å². The summed E-state index contributed by atoms with van der Waals surface area (Å²) in [6.45, 7) is 8.26. The van der Waals surface area contributed by atoms with Gasteiger partial charge >= 0.3 is 6.02 Å². The molecule has 0 spiro atoms. The zero-order chi connectivity index (χ0) is 12.8. The molecule has 2 aliphatic rings. The molecular weight excluding hydrogens is 226 g/mol. The van der Waals surface area contributed by atoms with Gasteiger partial charge in [0.25, 0.3) is 0 Å². The first-order valence-electron chi connectivity index (χ1n) is 6.36. The highest BCUT2D eigenvalue weighted by atomic mass is 16.5. The fraction of sp³-hybridized carbons (Fsp3) is 0.500. The van der Waals surface area contributed by atoms with Gasteiger partial charge in [-0.1, -0.05) is 39.0 Å². The average Bonchev–Trinajstić information content (AvgIpc) is 2.87. The lowest BCUT2D eigenvalue weighted by molar-refractivity contribution is 0.176. The zero-order valence-corrected chi connectivity index (χ0v) is 11.1. The Labute approximate surface area is 108 Å². The van der Waals surface area contributed by atoms with Crippen molar-refractivity contribution in [2.45, 2.75) is 26.8 Å². The van der Waals surface area contributed by atoms with Crippen molar-refractivity contribution in [1.29, 1.82) is 0 Å². The van der Waals surface area contributed by atoms with Crippen LogP contribution in [0.4, 0.5) is 5.69 Å². The van der Waals surface area contributed by atoms with Gasteiger partial charge in [0.2, 0.25) is 0 Å². The number of anilines is 1. The van der Waals surface area contributed by atoms with E-state index in [1.54, 1.807) is 0 Å². The van der Waals surface area contributed by atoms with Gasteiger partial charge in [-0.05, 0) is 17.5 Å². The molecule has 2 aliphatic heterocycles. The number of fused-ring (bicyclic) bond motifs is 1. The van der Waals surface area contributed by atoms with Crippen molar-refractivity contribution in [1.82, 2.24) is 4.90 Å². The third-order valence-corrected chi connectivity index (χ3v) is 3.54. The largest absolute Gasteiger partial charge is 0.462 e. The van der Waals surface area contributed by atoms with Gasteiger partial charge in [0.15, 0.2) is 0 Å². The Morgan fingerprint density at radius 3 is 2.61 bits per heavy atom. The summed E-state index contributed by atoms with van der Waals surface area (Å²) in [5.74, 6) is 0. The van der Waals surface area contributed by atoms with Gasteiger partial charge in [0.05, 0.1) is 11.7 Å². The van der Waals surface area contributed by atoms with Crippen molar-refractivity contribution >= 4 is 11.7 Å². The van der Waals surface area contributed by atoms with E-state index in [-0.39, 0.29) is 5.41 Å². The second-order valence-corrected chi connectivity index (χ2v) is 5.92. The second kappa shape index (κ2) is 3.90. The highest BCUT2D eigenvalue weighted by Gasteiger charge is 2.43. The van der Waals surface area contributed by atoms with E-state index in [1.165, 1.54) is 0 Å². The van der Waals surface area contributed by atoms with Gasteiger partial charge in [-0.2, -0.15) is 0 Å². The maximum Gasteiger partial charge on any atom is 0.311 e. The third kappa shape index (κ3) is 1.82. The lowest BCUT2D eigenvalue weighted by Crippen LogP contribution is -2.43. The van der Waals surface area contributed by atoms with E-state index in [9.17, 15) is 0 Å². The smallest absolute Gasteiger partial charge is 0.311 e. The van der Waals surface area contributed by atoms with Crippen molar-refractivity contribution in [2.24, 2.45) is 10.5 Å². The molecule has 1 aromatic rings. The van der Waals surface area contributed by atoms with Crippen molar-refractivity contribution < 1.29 is 4.74 Å². The van der Waals surface area contributed by atoms with Gasteiger partial charge < -0.3 is 4.74 Å². The van der Waals surface area contributed by atoms with Crippen LogP contribution in [0.15, 0.2) is 35.4 Å². The Kier molecular flexibility index (Phi) is 2.47. The van der Waals surface area contributed by atoms with Crippen LogP contribution < -0.4 is 5.01 Å². The van der Waals surface area contributed by atoms with Crippen LogP contribution in [0.25, 0.3) is 0 Å². The SMILES string of the molecule is CC(C)(C)[C@H]1COC2=NN(c3ccccc3)CN21. The number of para-hydroxylation sites is 1. The van der Waals surface area contributed by atoms with Crippen LogP contribution in [-0.2, 0) is 4.74 Å². The second-order valence-electron chi connectivity index (χ2n) is 5.92. The van der Waals surface area contributed by atoms with Crippen molar-refractivity contribution in [3.63, 3.8) is 0 Å². The summed E-state index contributed by atoms with van der Waals surface area (Å²) < 4.78 is 5.70. The first kappa shape index (κ1) is 11.4. The minimum absolute atomic E-state index is 0.198. The normalized spacial score (nSPS) is 22.8. The summed E-state index contributed by atoms with van der Waals surface area (Å²) >= 11 is 0. The number of ether oxygens (including phenoxy) is 1. The highest BCUT2D eigenvalue weighted by molar-refractivity contribution is 5.80. The van der Waals surface area contributed by atoms with E-state index >= 15 is 0 Å². The third-order valence-electron chi connectivity index (χ3n) is 3.54. The van der Waals surface area contributed by atoms with E-state index in [2.05, 4.69) is 42.9 Å². The number of hydrogen-bond acceptors (Lipinski definition) is 4. The van der Waals surface area contributed by atoms with E-state index in [0.29, 0.717) is 6.04 Å². The van der Waals surface area contributed by atoms with Crippen LogP contribution in [0.3, 0.4) is 0 Å². The molecule has 4 heteroatoms. The van der Waals surface area contributed by atoms with Gasteiger partial charge in [0.1, 0.15) is 13.3 Å². The molecule has 0 aliphatic carbocycles. The Bertz CT molecular complexity index is 464. The van der Waals surface area contributed by atoms with Crippen LogP contribution in [0.2, 0.25) is 0 Å². The molecule has 3 rings (SSSR count). The molecular formula is C14H19N3O. The molecule has 1 fully saturated rings. The maximum atomic E-state index is 5.70. The lowest BCUT2D eigenvalue weighted by Gasteiger charge is -2.32. The molecule has 1 saturated heterocycles. The van der Waals surface area contributed by atoms with E-state index in [4.69, 9.17) is 4.74 Å². The Balaban J connectivity index is 1.82. The van der Waals surface area contributed by atoms with Gasteiger partial charge in [0, 0.05) is 0 Å². The first-order chi connectivity index (χ1) is 8.55. The predicted molar refractivity (Wildman–Crippen MR) is 72.3 cm³/mol. The molecule has 1 aromatic carbocycles. The minimum atomic E-state index is 0.198. The summed E-state index contributed by atoms with van der Waals surface area (Å²) in [4.78, 5) is 2.26. The molecule has 0 aromatic heterocycles. The number of rotatable bonds is 1. The minimum Gasteiger partial charge on any atom is -0.462 e. The van der Waals surface area contributed by atoms with Gasteiger partial charge in [-0.25, -0.2) is 5.01 Å². The molecule has 0 bridgehead atoms. The molecule has 1 atom stereocenters. The van der Waals surface area contributed by atoms with E-state index < -0.39 is 0 Å². The zero-order valence-electron chi connectivity index (χ0n) is 11.1. The summed E-state index contributed by atoms with van der Waals surface area (Å²) in [6.07, 6.45) is 0. The molecule has 18 heavy (non-hydrogen) atoms. The molecule has 2 heterocycles. The first-order valence-corrected chi connectivity index (χ1v) is 6.36. The fourth-order valence-electron chi connectivity index (χ4n) is 2.44. The van der Waals surface area contributed by atoms with Gasteiger partial charge in [-0.15, -0.1) is 5.10 Å². The molecule has 96 valence electrons. The monoisotopic (exact) mass is 245 g/mol. The topological polar surface area (TPSA) is 28.1 Å². The summed E-state index contributed by atoms with van der Waals surface area (Å²) in [7, 11) is 0. The number of nitrogens with zero attached hydrogens (tertiary/aromatic N) is 3.